The predicted molar refractivity (Wildman–Crippen MR) is 89.2 cm³/mol. The Morgan fingerprint density at radius 1 is 1.23 bits per heavy atom. The van der Waals surface area contributed by atoms with Crippen LogP contribution >= 0.6 is 11.3 Å². The van der Waals surface area contributed by atoms with Gasteiger partial charge in [0.05, 0.1) is 6.42 Å². The lowest BCUT2D eigenvalue weighted by atomic mass is 9.94. The van der Waals surface area contributed by atoms with E-state index in [1.54, 1.807) is 11.3 Å². The van der Waals surface area contributed by atoms with Crippen LogP contribution in [-0.2, 0) is 16.0 Å². The summed E-state index contributed by atoms with van der Waals surface area (Å²) in [7, 11) is 0. The molecule has 0 bridgehead atoms. The number of carbonyl (C=O) groups is 2. The second-order valence-electron chi connectivity index (χ2n) is 5.39. The standard InChI is InChI=1S/C17H21NO3S/c1-3-11(4-2)16(17(20)21)18-15(19)9-12-10-22-14-8-6-5-7-13(12)14/h5-8,10-11,16H,3-4,9H2,1-2H3,(H,18,19)(H,20,21)/t16-/m0/s1. The summed E-state index contributed by atoms with van der Waals surface area (Å²) in [4.78, 5) is 23.6. The summed E-state index contributed by atoms with van der Waals surface area (Å²) in [5.74, 6) is -1.24. The molecule has 0 spiro atoms. The molecule has 1 amide bonds. The number of benzene rings is 1. The maximum absolute atomic E-state index is 12.2. The van der Waals surface area contributed by atoms with E-state index in [1.807, 2.05) is 43.5 Å². The Hall–Kier alpha value is -1.88. The number of carboxylic acid groups (broad SMARTS) is 1. The molecule has 1 aromatic carbocycles. The first-order valence-electron chi connectivity index (χ1n) is 7.54. The molecule has 0 aliphatic carbocycles. The summed E-state index contributed by atoms with van der Waals surface area (Å²) < 4.78 is 1.14. The molecule has 2 rings (SSSR count). The van der Waals surface area contributed by atoms with E-state index < -0.39 is 12.0 Å². The fourth-order valence-electron chi connectivity index (χ4n) is 2.71. The van der Waals surface area contributed by atoms with Crippen molar-refractivity contribution in [3.63, 3.8) is 0 Å². The van der Waals surface area contributed by atoms with Crippen molar-refractivity contribution in [2.24, 2.45) is 5.92 Å². The number of nitrogens with one attached hydrogen (secondary N) is 1. The third kappa shape index (κ3) is 3.65. The number of rotatable bonds is 7. The van der Waals surface area contributed by atoms with Gasteiger partial charge in [-0.25, -0.2) is 4.79 Å². The SMILES string of the molecule is CCC(CC)[C@H](NC(=O)Cc1csc2ccccc12)C(=O)O. The third-order valence-electron chi connectivity index (χ3n) is 4.01. The van der Waals surface area contributed by atoms with Gasteiger partial charge in [0, 0.05) is 4.70 Å². The molecule has 0 saturated carbocycles. The van der Waals surface area contributed by atoms with Crippen LogP contribution in [0.25, 0.3) is 10.1 Å². The summed E-state index contributed by atoms with van der Waals surface area (Å²) >= 11 is 1.60. The molecule has 0 aliphatic rings. The van der Waals surface area contributed by atoms with Gasteiger partial charge in [0.15, 0.2) is 0 Å². The molecule has 1 heterocycles. The number of hydrogen-bond acceptors (Lipinski definition) is 3. The number of aliphatic carboxylic acids is 1. The molecule has 2 aromatic rings. The number of thiophene rings is 1. The molecule has 5 heteroatoms. The van der Waals surface area contributed by atoms with E-state index in [2.05, 4.69) is 5.32 Å². The van der Waals surface area contributed by atoms with Gasteiger partial charge in [-0.1, -0.05) is 44.9 Å². The number of carbonyl (C=O) groups excluding carboxylic acids is 1. The minimum Gasteiger partial charge on any atom is -0.480 e. The molecule has 0 aliphatic heterocycles. The van der Waals surface area contributed by atoms with Crippen molar-refractivity contribution >= 4 is 33.3 Å². The minimum atomic E-state index is -0.961. The molecule has 2 N–H and O–H groups in total. The Kier molecular flexibility index (Phi) is 5.55. The molecular formula is C17H21NO3S. The van der Waals surface area contributed by atoms with Gasteiger partial charge in [-0.15, -0.1) is 11.3 Å². The maximum Gasteiger partial charge on any atom is 0.326 e. The van der Waals surface area contributed by atoms with Gasteiger partial charge < -0.3 is 10.4 Å². The zero-order valence-electron chi connectivity index (χ0n) is 12.8. The summed E-state index contributed by atoms with van der Waals surface area (Å²) in [6, 6.07) is 7.11. The van der Waals surface area contributed by atoms with Gasteiger partial charge in [-0.2, -0.15) is 0 Å². The summed E-state index contributed by atoms with van der Waals surface area (Å²) in [5, 5.41) is 15.1. The highest BCUT2D eigenvalue weighted by molar-refractivity contribution is 7.17. The van der Waals surface area contributed by atoms with Crippen molar-refractivity contribution in [1.29, 1.82) is 0 Å². The Balaban J connectivity index is 2.09. The average Bonchev–Trinajstić information content (AvgIpc) is 2.90. The van der Waals surface area contributed by atoms with E-state index in [9.17, 15) is 14.7 Å². The molecule has 0 saturated heterocycles. The normalized spacial score (nSPS) is 12.5. The Labute approximate surface area is 134 Å². The first-order chi connectivity index (χ1) is 10.6. The number of amides is 1. The fraction of sp³-hybridized carbons (Fsp3) is 0.412. The van der Waals surface area contributed by atoms with E-state index >= 15 is 0 Å². The lowest BCUT2D eigenvalue weighted by Gasteiger charge is -2.22. The summed E-state index contributed by atoms with van der Waals surface area (Å²) in [6.45, 7) is 3.89. The number of fused-ring (bicyclic) bond motifs is 1. The van der Waals surface area contributed by atoms with Gasteiger partial charge in [0.2, 0.25) is 5.91 Å². The van der Waals surface area contributed by atoms with Crippen LogP contribution in [0.1, 0.15) is 32.3 Å². The van der Waals surface area contributed by atoms with Gasteiger partial charge >= 0.3 is 5.97 Å². The van der Waals surface area contributed by atoms with Gasteiger partial charge in [-0.3, -0.25) is 4.79 Å². The molecule has 0 fully saturated rings. The topological polar surface area (TPSA) is 66.4 Å². The van der Waals surface area contributed by atoms with E-state index in [0.717, 1.165) is 28.5 Å². The van der Waals surface area contributed by atoms with Crippen molar-refractivity contribution in [2.45, 2.75) is 39.2 Å². The van der Waals surface area contributed by atoms with Crippen LogP contribution in [-0.4, -0.2) is 23.0 Å². The van der Waals surface area contributed by atoms with Gasteiger partial charge in [0.1, 0.15) is 6.04 Å². The Morgan fingerprint density at radius 3 is 2.55 bits per heavy atom. The van der Waals surface area contributed by atoms with E-state index in [-0.39, 0.29) is 18.2 Å². The molecule has 118 valence electrons. The van der Waals surface area contributed by atoms with Crippen LogP contribution in [0, 0.1) is 5.92 Å². The van der Waals surface area contributed by atoms with Gasteiger partial charge in [-0.05, 0) is 28.3 Å². The predicted octanol–water partition coefficient (Wildman–Crippen LogP) is 3.45. The van der Waals surface area contributed by atoms with Gasteiger partial charge in [0.25, 0.3) is 0 Å². The fourth-order valence-corrected chi connectivity index (χ4v) is 3.67. The van der Waals surface area contributed by atoms with Crippen LogP contribution in [0.15, 0.2) is 29.6 Å². The molecule has 0 unspecified atom stereocenters. The van der Waals surface area contributed by atoms with Crippen LogP contribution in [0.5, 0.6) is 0 Å². The van der Waals surface area contributed by atoms with Crippen LogP contribution < -0.4 is 5.32 Å². The van der Waals surface area contributed by atoms with Crippen LogP contribution in [0.3, 0.4) is 0 Å². The van der Waals surface area contributed by atoms with Crippen LogP contribution in [0.4, 0.5) is 0 Å². The first-order valence-corrected chi connectivity index (χ1v) is 8.42. The Bertz CT molecular complexity index is 661. The molecule has 1 aromatic heterocycles. The molecule has 0 radical (unpaired) electrons. The molecule has 22 heavy (non-hydrogen) atoms. The van der Waals surface area contributed by atoms with E-state index in [1.165, 1.54) is 0 Å². The minimum absolute atomic E-state index is 0.0410. The molecular weight excluding hydrogens is 298 g/mol. The smallest absolute Gasteiger partial charge is 0.326 e. The first kappa shape index (κ1) is 16.5. The quantitative estimate of drug-likeness (QED) is 0.821. The van der Waals surface area contributed by atoms with Crippen molar-refractivity contribution in [3.8, 4) is 0 Å². The maximum atomic E-state index is 12.2. The van der Waals surface area contributed by atoms with Crippen molar-refractivity contribution in [2.75, 3.05) is 0 Å². The van der Waals surface area contributed by atoms with Crippen molar-refractivity contribution < 1.29 is 14.7 Å². The second kappa shape index (κ2) is 7.40. The van der Waals surface area contributed by atoms with E-state index in [4.69, 9.17) is 0 Å². The zero-order chi connectivity index (χ0) is 16.1. The zero-order valence-corrected chi connectivity index (χ0v) is 13.7. The van der Waals surface area contributed by atoms with Crippen LogP contribution in [0.2, 0.25) is 0 Å². The number of carboxylic acids is 1. The number of hydrogen-bond donors (Lipinski definition) is 2. The highest BCUT2D eigenvalue weighted by Crippen LogP contribution is 2.26. The highest BCUT2D eigenvalue weighted by Gasteiger charge is 2.27. The summed E-state index contributed by atoms with van der Waals surface area (Å²) in [6.07, 6.45) is 1.68. The molecule has 4 nitrogen and oxygen atoms in total. The largest absolute Gasteiger partial charge is 0.480 e. The third-order valence-corrected chi connectivity index (χ3v) is 5.03. The Morgan fingerprint density at radius 2 is 1.91 bits per heavy atom. The average molecular weight is 319 g/mol. The monoisotopic (exact) mass is 319 g/mol. The van der Waals surface area contributed by atoms with E-state index in [0.29, 0.717) is 0 Å². The molecule has 1 atom stereocenters. The second-order valence-corrected chi connectivity index (χ2v) is 6.31. The lowest BCUT2D eigenvalue weighted by Crippen LogP contribution is -2.46. The highest BCUT2D eigenvalue weighted by atomic mass is 32.1. The lowest BCUT2D eigenvalue weighted by molar-refractivity contribution is -0.143. The van der Waals surface area contributed by atoms with Crippen molar-refractivity contribution in [1.82, 2.24) is 5.32 Å². The summed E-state index contributed by atoms with van der Waals surface area (Å²) in [5.41, 5.74) is 0.951. The van der Waals surface area contributed by atoms with Crippen molar-refractivity contribution in [3.05, 3.63) is 35.2 Å².